The van der Waals surface area contributed by atoms with Gasteiger partial charge in [0, 0.05) is 13.1 Å². The smallest absolute Gasteiger partial charge is 0.260 e. The first-order valence-electron chi connectivity index (χ1n) is 6.76. The molecule has 0 bridgehead atoms. The number of H-pyrrole nitrogens is 1. The van der Waals surface area contributed by atoms with Crippen molar-refractivity contribution in [2.45, 2.75) is 31.7 Å². The fourth-order valence-electron chi connectivity index (χ4n) is 2.43. The van der Waals surface area contributed by atoms with Crippen LogP contribution in [0, 0.1) is 12.8 Å². The lowest BCUT2D eigenvalue weighted by atomic mass is 10.00. The number of hydrogen-bond donors (Lipinski definition) is 2. The van der Waals surface area contributed by atoms with Crippen molar-refractivity contribution < 1.29 is 8.42 Å². The zero-order chi connectivity index (χ0) is 13.9. The lowest BCUT2D eigenvalue weighted by molar-refractivity contribution is 0.260. The molecule has 2 N–H and O–H groups in total. The molecule has 1 aliphatic heterocycles. The molecule has 0 spiro atoms. The van der Waals surface area contributed by atoms with Crippen LogP contribution in [0.3, 0.4) is 0 Å². The van der Waals surface area contributed by atoms with E-state index < -0.39 is 10.0 Å². The molecule has 1 aromatic heterocycles. The summed E-state index contributed by atoms with van der Waals surface area (Å²) in [7, 11) is -3.41. The van der Waals surface area contributed by atoms with Crippen LogP contribution in [0.1, 0.15) is 25.6 Å². The van der Waals surface area contributed by atoms with Gasteiger partial charge in [0.15, 0.2) is 5.03 Å². The van der Waals surface area contributed by atoms with E-state index in [9.17, 15) is 8.42 Å². The lowest BCUT2D eigenvalue weighted by Gasteiger charge is -2.31. The fourth-order valence-corrected chi connectivity index (χ4v) is 3.95. The predicted molar refractivity (Wildman–Crippen MR) is 73.4 cm³/mol. The second kappa shape index (κ2) is 6.02. The highest BCUT2D eigenvalue weighted by molar-refractivity contribution is 7.89. The number of aromatic amines is 1. The quantitative estimate of drug-likeness (QED) is 0.836. The zero-order valence-electron chi connectivity index (χ0n) is 11.5. The Kier molecular flexibility index (Phi) is 4.59. The average Bonchev–Trinajstić information content (AvgIpc) is 2.84. The van der Waals surface area contributed by atoms with Crippen molar-refractivity contribution in [1.82, 2.24) is 19.6 Å². The summed E-state index contributed by atoms with van der Waals surface area (Å²) in [5, 5.41) is 3.50. The molecule has 1 aliphatic rings. The number of rotatable bonds is 5. The molecule has 108 valence electrons. The maximum atomic E-state index is 12.5. The van der Waals surface area contributed by atoms with E-state index >= 15 is 0 Å². The molecule has 19 heavy (non-hydrogen) atoms. The molecule has 2 heterocycles. The molecule has 1 saturated heterocycles. The maximum absolute atomic E-state index is 12.5. The molecule has 0 aliphatic carbocycles. The first kappa shape index (κ1) is 14.5. The number of sulfonamides is 1. The van der Waals surface area contributed by atoms with Gasteiger partial charge in [0.05, 0.1) is 6.20 Å². The normalized spacial score (nSPS) is 21.7. The van der Waals surface area contributed by atoms with Crippen molar-refractivity contribution in [2.75, 3.05) is 26.2 Å². The molecular formula is C12H22N4O2S. The molecule has 2 rings (SSSR count). The highest BCUT2D eigenvalue weighted by Gasteiger charge is 2.31. The van der Waals surface area contributed by atoms with Crippen LogP contribution in [0.5, 0.6) is 0 Å². The second-order valence-corrected chi connectivity index (χ2v) is 6.92. The summed E-state index contributed by atoms with van der Waals surface area (Å²) in [6.07, 6.45) is 3.40. The van der Waals surface area contributed by atoms with Crippen LogP contribution in [-0.4, -0.2) is 48.9 Å². The van der Waals surface area contributed by atoms with Crippen molar-refractivity contribution in [1.29, 1.82) is 0 Å². The van der Waals surface area contributed by atoms with E-state index in [-0.39, 0.29) is 5.03 Å². The Balaban J connectivity index is 2.08. The topological polar surface area (TPSA) is 78.1 Å². The molecule has 0 amide bonds. The minimum atomic E-state index is -3.41. The Morgan fingerprint density at radius 1 is 1.58 bits per heavy atom. The van der Waals surface area contributed by atoms with E-state index in [0.717, 1.165) is 25.9 Å². The van der Waals surface area contributed by atoms with Gasteiger partial charge in [-0.3, -0.25) is 0 Å². The number of nitrogens with zero attached hydrogens (tertiary/aromatic N) is 2. The molecule has 1 fully saturated rings. The third-order valence-electron chi connectivity index (χ3n) is 3.46. The molecule has 6 nitrogen and oxygen atoms in total. The van der Waals surface area contributed by atoms with Gasteiger partial charge >= 0.3 is 0 Å². The van der Waals surface area contributed by atoms with Gasteiger partial charge in [-0.25, -0.2) is 13.4 Å². The molecule has 1 aromatic rings. The van der Waals surface area contributed by atoms with Crippen LogP contribution >= 0.6 is 0 Å². The van der Waals surface area contributed by atoms with Gasteiger partial charge < -0.3 is 10.3 Å². The standard InChI is InChI=1S/C12H22N4O2S/c1-3-13-7-11-5-4-6-16(9-11)19(17,18)12-8-14-10(2)15-12/h8,11,13H,3-7,9H2,1-2H3,(H,14,15). The number of piperidine rings is 1. The fraction of sp³-hybridized carbons (Fsp3) is 0.750. The van der Waals surface area contributed by atoms with Crippen LogP contribution in [0.4, 0.5) is 0 Å². The molecule has 7 heteroatoms. The van der Waals surface area contributed by atoms with E-state index in [1.54, 1.807) is 11.2 Å². The van der Waals surface area contributed by atoms with E-state index in [0.29, 0.717) is 24.8 Å². The van der Waals surface area contributed by atoms with Crippen LogP contribution in [0.2, 0.25) is 0 Å². The number of aromatic nitrogens is 2. The average molecular weight is 286 g/mol. The predicted octanol–water partition coefficient (Wildman–Crippen LogP) is 0.728. The summed E-state index contributed by atoms with van der Waals surface area (Å²) in [6.45, 7) is 6.80. The maximum Gasteiger partial charge on any atom is 0.260 e. The second-order valence-electron chi connectivity index (χ2n) is 5.01. The number of aryl methyl sites for hydroxylation is 1. The summed E-state index contributed by atoms with van der Waals surface area (Å²) in [6, 6.07) is 0. The highest BCUT2D eigenvalue weighted by atomic mass is 32.2. The van der Waals surface area contributed by atoms with Crippen molar-refractivity contribution in [3.63, 3.8) is 0 Å². The van der Waals surface area contributed by atoms with Crippen molar-refractivity contribution in [2.24, 2.45) is 5.92 Å². The third-order valence-corrected chi connectivity index (χ3v) is 5.24. The highest BCUT2D eigenvalue weighted by Crippen LogP contribution is 2.22. The number of nitrogens with one attached hydrogen (secondary N) is 2. The van der Waals surface area contributed by atoms with Crippen LogP contribution in [-0.2, 0) is 10.0 Å². The molecule has 0 radical (unpaired) electrons. The van der Waals surface area contributed by atoms with E-state index in [2.05, 4.69) is 22.2 Å². The zero-order valence-corrected chi connectivity index (χ0v) is 12.3. The van der Waals surface area contributed by atoms with Gasteiger partial charge in [-0.15, -0.1) is 0 Å². The molecule has 1 atom stereocenters. The molecule has 1 unspecified atom stereocenters. The molecular weight excluding hydrogens is 264 g/mol. The Morgan fingerprint density at radius 3 is 3.00 bits per heavy atom. The van der Waals surface area contributed by atoms with Gasteiger partial charge in [0.2, 0.25) is 0 Å². The molecule has 0 aromatic carbocycles. The number of hydrogen-bond acceptors (Lipinski definition) is 4. The van der Waals surface area contributed by atoms with Crippen molar-refractivity contribution in [3.05, 3.63) is 12.0 Å². The Morgan fingerprint density at radius 2 is 2.37 bits per heavy atom. The van der Waals surface area contributed by atoms with Gasteiger partial charge in [0.1, 0.15) is 5.82 Å². The minimum Gasteiger partial charge on any atom is -0.332 e. The monoisotopic (exact) mass is 286 g/mol. The third kappa shape index (κ3) is 3.34. The largest absolute Gasteiger partial charge is 0.332 e. The number of imidazole rings is 1. The first-order valence-corrected chi connectivity index (χ1v) is 8.20. The lowest BCUT2D eigenvalue weighted by Crippen LogP contribution is -2.42. The van der Waals surface area contributed by atoms with Crippen molar-refractivity contribution >= 4 is 10.0 Å². The summed E-state index contributed by atoms with van der Waals surface area (Å²) < 4.78 is 26.5. The van der Waals surface area contributed by atoms with E-state index in [1.807, 2.05) is 0 Å². The van der Waals surface area contributed by atoms with Crippen molar-refractivity contribution in [3.8, 4) is 0 Å². The van der Waals surface area contributed by atoms with E-state index in [4.69, 9.17) is 0 Å². The van der Waals surface area contributed by atoms with Crippen LogP contribution in [0.15, 0.2) is 11.2 Å². The summed E-state index contributed by atoms with van der Waals surface area (Å²) in [4.78, 5) is 6.79. The van der Waals surface area contributed by atoms with Gasteiger partial charge in [-0.1, -0.05) is 6.92 Å². The Labute approximate surface area is 114 Å². The summed E-state index contributed by atoms with van der Waals surface area (Å²) in [5.41, 5.74) is 0. The summed E-state index contributed by atoms with van der Waals surface area (Å²) >= 11 is 0. The summed E-state index contributed by atoms with van der Waals surface area (Å²) in [5.74, 6) is 1.02. The Bertz CT molecular complexity index is 512. The van der Waals surface area contributed by atoms with Gasteiger partial charge in [-0.05, 0) is 38.8 Å². The van der Waals surface area contributed by atoms with Crippen LogP contribution in [0.25, 0.3) is 0 Å². The minimum absolute atomic E-state index is 0.203. The Hall–Kier alpha value is -0.920. The SMILES string of the molecule is CCNCC1CCCN(S(=O)(=O)c2cnc(C)[nH]2)C1. The van der Waals surface area contributed by atoms with Crippen LogP contribution < -0.4 is 5.32 Å². The van der Waals surface area contributed by atoms with Gasteiger partial charge in [0.25, 0.3) is 10.0 Å². The van der Waals surface area contributed by atoms with Gasteiger partial charge in [-0.2, -0.15) is 4.31 Å². The van der Waals surface area contributed by atoms with E-state index in [1.165, 1.54) is 6.20 Å². The molecule has 0 saturated carbocycles. The first-order chi connectivity index (χ1) is 9.04.